The molecule has 3 nitrogen and oxygen atoms in total. The number of hydrogen-bond donors (Lipinski definition) is 2. The third-order valence-corrected chi connectivity index (χ3v) is 2.07. The van der Waals surface area contributed by atoms with Crippen LogP contribution in [0.1, 0.15) is 5.56 Å². The normalized spacial score (nSPS) is 12.8. The van der Waals surface area contributed by atoms with Crippen LogP contribution in [0.2, 0.25) is 0 Å². The third kappa shape index (κ3) is 4.22. The maximum Gasteiger partial charge on any atom is 0.130 e. The Bertz CT molecular complexity index is 334. The van der Waals surface area contributed by atoms with Crippen LogP contribution in [0.15, 0.2) is 18.2 Å². The number of aliphatic hydroxyl groups excluding tert-OH is 1. The first-order chi connectivity index (χ1) is 7.63. The zero-order valence-electron chi connectivity index (χ0n) is 9.04. The van der Waals surface area contributed by atoms with Crippen molar-refractivity contribution in [1.29, 1.82) is 0 Å². The molecule has 1 aromatic carbocycles. The van der Waals surface area contributed by atoms with Crippen LogP contribution in [-0.2, 0) is 11.3 Å². The number of rotatable bonds is 6. The van der Waals surface area contributed by atoms with E-state index in [4.69, 9.17) is 4.74 Å². The molecule has 1 rings (SSSR count). The first-order valence-corrected chi connectivity index (χ1v) is 4.95. The Balaban J connectivity index is 2.37. The molecule has 0 fully saturated rings. The van der Waals surface area contributed by atoms with Crippen LogP contribution in [0.3, 0.4) is 0 Å². The maximum atomic E-state index is 13.2. The van der Waals surface area contributed by atoms with Gasteiger partial charge in [-0.15, -0.1) is 0 Å². The summed E-state index contributed by atoms with van der Waals surface area (Å²) in [6.07, 6.45) is -0.631. The average molecular weight is 231 g/mol. The van der Waals surface area contributed by atoms with Gasteiger partial charge in [0, 0.05) is 31.8 Å². The second-order valence-corrected chi connectivity index (χ2v) is 3.48. The lowest BCUT2D eigenvalue weighted by molar-refractivity contribution is 0.0643. The van der Waals surface area contributed by atoms with E-state index in [0.29, 0.717) is 12.1 Å². The largest absolute Gasteiger partial charge is 0.389 e. The van der Waals surface area contributed by atoms with Gasteiger partial charge < -0.3 is 15.2 Å². The number of halogens is 2. The van der Waals surface area contributed by atoms with Crippen molar-refractivity contribution >= 4 is 0 Å². The smallest absolute Gasteiger partial charge is 0.130 e. The third-order valence-electron chi connectivity index (χ3n) is 2.07. The fourth-order valence-electron chi connectivity index (χ4n) is 1.29. The Kier molecular flexibility index (Phi) is 5.31. The molecule has 1 unspecified atom stereocenters. The molecule has 2 N–H and O–H groups in total. The fourth-order valence-corrected chi connectivity index (χ4v) is 1.29. The summed E-state index contributed by atoms with van der Waals surface area (Å²) in [4.78, 5) is 0. The van der Waals surface area contributed by atoms with Crippen LogP contribution < -0.4 is 5.32 Å². The van der Waals surface area contributed by atoms with E-state index >= 15 is 0 Å². The summed E-state index contributed by atoms with van der Waals surface area (Å²) in [7, 11) is 1.49. The van der Waals surface area contributed by atoms with Gasteiger partial charge in [-0.2, -0.15) is 0 Å². The van der Waals surface area contributed by atoms with Gasteiger partial charge in [0.25, 0.3) is 0 Å². The summed E-state index contributed by atoms with van der Waals surface area (Å²) in [5, 5.41) is 12.2. The van der Waals surface area contributed by atoms with Gasteiger partial charge in [0.15, 0.2) is 0 Å². The second kappa shape index (κ2) is 6.52. The highest BCUT2D eigenvalue weighted by molar-refractivity contribution is 5.18. The number of ether oxygens (including phenoxy) is 1. The Labute approximate surface area is 93.0 Å². The first kappa shape index (κ1) is 13.0. The number of nitrogens with one attached hydrogen (secondary N) is 1. The van der Waals surface area contributed by atoms with E-state index in [-0.39, 0.29) is 13.2 Å². The molecule has 0 spiro atoms. The van der Waals surface area contributed by atoms with E-state index < -0.39 is 17.7 Å². The molecular weight excluding hydrogens is 216 g/mol. The van der Waals surface area contributed by atoms with E-state index in [0.717, 1.165) is 6.07 Å². The standard InChI is InChI=1S/C11H15F2NO2/c1-16-7-10(15)6-14-5-8-2-3-9(12)4-11(8)13/h2-4,10,14-15H,5-7H2,1H3. The molecule has 0 aliphatic heterocycles. The highest BCUT2D eigenvalue weighted by Gasteiger charge is 2.05. The molecule has 16 heavy (non-hydrogen) atoms. The van der Waals surface area contributed by atoms with Crippen molar-refractivity contribution in [2.45, 2.75) is 12.6 Å². The van der Waals surface area contributed by atoms with Crippen molar-refractivity contribution in [3.05, 3.63) is 35.4 Å². The van der Waals surface area contributed by atoms with Crippen LogP contribution in [0, 0.1) is 11.6 Å². The Morgan fingerprint density at radius 1 is 1.44 bits per heavy atom. The van der Waals surface area contributed by atoms with E-state index in [1.54, 1.807) is 0 Å². The molecule has 0 aliphatic rings. The fraction of sp³-hybridized carbons (Fsp3) is 0.455. The summed E-state index contributed by atoms with van der Waals surface area (Å²) >= 11 is 0. The molecule has 0 radical (unpaired) electrons. The van der Waals surface area contributed by atoms with Crippen LogP contribution in [-0.4, -0.2) is 31.5 Å². The predicted molar refractivity (Wildman–Crippen MR) is 55.9 cm³/mol. The molecule has 1 atom stereocenters. The summed E-state index contributed by atoms with van der Waals surface area (Å²) in [6.45, 7) is 0.760. The lowest BCUT2D eigenvalue weighted by Crippen LogP contribution is -2.29. The molecule has 0 amide bonds. The van der Waals surface area contributed by atoms with Crippen molar-refractivity contribution in [3.8, 4) is 0 Å². The lowest BCUT2D eigenvalue weighted by atomic mass is 10.2. The Morgan fingerprint density at radius 3 is 2.81 bits per heavy atom. The molecule has 0 saturated carbocycles. The van der Waals surface area contributed by atoms with E-state index in [1.165, 1.54) is 19.2 Å². The highest BCUT2D eigenvalue weighted by atomic mass is 19.1. The summed E-state index contributed by atoms with van der Waals surface area (Å²) in [5.41, 5.74) is 0.367. The topological polar surface area (TPSA) is 41.5 Å². The number of aliphatic hydroxyl groups is 1. The van der Waals surface area contributed by atoms with Gasteiger partial charge in [0.2, 0.25) is 0 Å². The van der Waals surface area contributed by atoms with Gasteiger partial charge >= 0.3 is 0 Å². The van der Waals surface area contributed by atoms with Crippen LogP contribution >= 0.6 is 0 Å². The van der Waals surface area contributed by atoms with Crippen molar-refractivity contribution < 1.29 is 18.6 Å². The van der Waals surface area contributed by atoms with Gasteiger partial charge in [-0.3, -0.25) is 0 Å². The van der Waals surface area contributed by atoms with E-state index in [2.05, 4.69) is 5.32 Å². The zero-order valence-corrected chi connectivity index (χ0v) is 9.04. The van der Waals surface area contributed by atoms with Crippen LogP contribution in [0.4, 0.5) is 8.78 Å². The minimum Gasteiger partial charge on any atom is -0.389 e. The quantitative estimate of drug-likeness (QED) is 0.769. The molecule has 5 heteroatoms. The highest BCUT2D eigenvalue weighted by Crippen LogP contribution is 2.08. The van der Waals surface area contributed by atoms with Crippen LogP contribution in [0.25, 0.3) is 0 Å². The van der Waals surface area contributed by atoms with Gasteiger partial charge in [0.1, 0.15) is 11.6 Å². The summed E-state index contributed by atoms with van der Waals surface area (Å²) in [5.74, 6) is -1.19. The van der Waals surface area contributed by atoms with Crippen LogP contribution in [0.5, 0.6) is 0 Å². The lowest BCUT2D eigenvalue weighted by Gasteiger charge is -2.11. The first-order valence-electron chi connectivity index (χ1n) is 4.95. The van der Waals surface area contributed by atoms with Crippen molar-refractivity contribution in [3.63, 3.8) is 0 Å². The molecule has 0 bridgehead atoms. The van der Waals surface area contributed by atoms with Crippen molar-refractivity contribution in [2.75, 3.05) is 20.3 Å². The summed E-state index contributed by atoms with van der Waals surface area (Å²) < 4.78 is 30.5. The molecular formula is C11H15F2NO2. The van der Waals surface area contributed by atoms with Gasteiger partial charge in [-0.05, 0) is 6.07 Å². The monoisotopic (exact) mass is 231 g/mol. The van der Waals surface area contributed by atoms with Gasteiger partial charge in [0.05, 0.1) is 12.7 Å². The number of benzene rings is 1. The Hall–Kier alpha value is -1.04. The summed E-state index contributed by atoms with van der Waals surface area (Å²) in [6, 6.07) is 3.41. The maximum absolute atomic E-state index is 13.2. The Morgan fingerprint density at radius 2 is 2.19 bits per heavy atom. The van der Waals surface area contributed by atoms with E-state index in [1.807, 2.05) is 0 Å². The average Bonchev–Trinajstić information content (AvgIpc) is 2.22. The molecule has 1 aromatic rings. The number of methoxy groups -OCH3 is 1. The predicted octanol–water partition coefficient (Wildman–Crippen LogP) is 1.06. The van der Waals surface area contributed by atoms with E-state index in [9.17, 15) is 13.9 Å². The molecule has 0 aromatic heterocycles. The molecule has 0 aliphatic carbocycles. The second-order valence-electron chi connectivity index (χ2n) is 3.48. The number of hydrogen-bond acceptors (Lipinski definition) is 3. The minimum absolute atomic E-state index is 0.221. The molecule has 0 heterocycles. The minimum atomic E-state index is -0.631. The van der Waals surface area contributed by atoms with Gasteiger partial charge in [-0.1, -0.05) is 6.07 Å². The molecule has 90 valence electrons. The molecule has 0 saturated heterocycles. The SMILES string of the molecule is COCC(O)CNCc1ccc(F)cc1F. The van der Waals surface area contributed by atoms with Gasteiger partial charge in [-0.25, -0.2) is 8.78 Å². The van der Waals surface area contributed by atoms with Crippen molar-refractivity contribution in [2.24, 2.45) is 0 Å². The zero-order chi connectivity index (χ0) is 12.0. The van der Waals surface area contributed by atoms with Crippen molar-refractivity contribution in [1.82, 2.24) is 5.32 Å².